The Kier molecular flexibility index (Phi) is 1.80. The standard InChI is InChI=1S/C9H10FN3O/c1-13-8-6(9(12-13)14-2)3-5(11)4-7(8)10/h3-4H,11H2,1-2H3. The maximum Gasteiger partial charge on any atom is 0.240 e. The van der Waals surface area contributed by atoms with Crippen LogP contribution >= 0.6 is 0 Å². The Balaban J connectivity index is 2.89. The summed E-state index contributed by atoms with van der Waals surface area (Å²) in [6, 6.07) is 2.91. The summed E-state index contributed by atoms with van der Waals surface area (Å²) < 4.78 is 19.9. The molecule has 2 aromatic rings. The Morgan fingerprint density at radius 3 is 2.86 bits per heavy atom. The average molecular weight is 195 g/mol. The van der Waals surface area contributed by atoms with Crippen molar-refractivity contribution in [2.24, 2.45) is 7.05 Å². The quantitative estimate of drug-likeness (QED) is 0.698. The highest BCUT2D eigenvalue weighted by Gasteiger charge is 2.13. The van der Waals surface area contributed by atoms with Crippen LogP contribution in [0.1, 0.15) is 0 Å². The van der Waals surface area contributed by atoms with E-state index in [4.69, 9.17) is 10.5 Å². The highest BCUT2D eigenvalue weighted by atomic mass is 19.1. The first-order valence-corrected chi connectivity index (χ1v) is 4.09. The predicted molar refractivity (Wildman–Crippen MR) is 51.6 cm³/mol. The minimum Gasteiger partial charge on any atom is -0.479 e. The Morgan fingerprint density at radius 1 is 1.50 bits per heavy atom. The van der Waals surface area contributed by atoms with Crippen LogP contribution in [0.2, 0.25) is 0 Å². The fourth-order valence-corrected chi connectivity index (χ4v) is 1.50. The van der Waals surface area contributed by atoms with E-state index >= 15 is 0 Å². The van der Waals surface area contributed by atoms with Crippen molar-refractivity contribution in [3.63, 3.8) is 0 Å². The van der Waals surface area contributed by atoms with Gasteiger partial charge in [-0.15, -0.1) is 5.10 Å². The number of aromatic nitrogens is 2. The Morgan fingerprint density at radius 2 is 2.21 bits per heavy atom. The van der Waals surface area contributed by atoms with E-state index in [-0.39, 0.29) is 0 Å². The fourth-order valence-electron chi connectivity index (χ4n) is 1.50. The maximum atomic E-state index is 13.5. The van der Waals surface area contributed by atoms with Crippen molar-refractivity contribution >= 4 is 16.6 Å². The number of rotatable bonds is 1. The van der Waals surface area contributed by atoms with Gasteiger partial charge in [-0.1, -0.05) is 0 Å². The van der Waals surface area contributed by atoms with Gasteiger partial charge < -0.3 is 10.5 Å². The highest BCUT2D eigenvalue weighted by Crippen LogP contribution is 2.28. The second kappa shape index (κ2) is 2.87. The molecule has 0 bridgehead atoms. The third-order valence-corrected chi connectivity index (χ3v) is 2.07. The number of ether oxygens (including phenoxy) is 1. The van der Waals surface area contributed by atoms with Gasteiger partial charge in [0.1, 0.15) is 5.52 Å². The molecule has 5 heteroatoms. The van der Waals surface area contributed by atoms with Crippen molar-refractivity contribution in [2.75, 3.05) is 12.8 Å². The second-order valence-corrected chi connectivity index (χ2v) is 3.03. The SMILES string of the molecule is COc1nn(C)c2c(F)cc(N)cc12. The van der Waals surface area contributed by atoms with Crippen molar-refractivity contribution in [3.05, 3.63) is 17.9 Å². The van der Waals surface area contributed by atoms with E-state index in [9.17, 15) is 4.39 Å². The lowest BCUT2D eigenvalue weighted by molar-refractivity contribution is 0.396. The van der Waals surface area contributed by atoms with Gasteiger partial charge in [-0.3, -0.25) is 4.68 Å². The zero-order valence-electron chi connectivity index (χ0n) is 7.91. The molecule has 2 rings (SSSR count). The molecule has 0 saturated heterocycles. The topological polar surface area (TPSA) is 53.1 Å². The molecule has 0 saturated carbocycles. The molecule has 4 nitrogen and oxygen atoms in total. The van der Waals surface area contributed by atoms with Crippen molar-refractivity contribution in [1.82, 2.24) is 9.78 Å². The number of fused-ring (bicyclic) bond motifs is 1. The molecule has 0 fully saturated rings. The Labute approximate surface area is 80.1 Å². The molecule has 0 aliphatic rings. The normalized spacial score (nSPS) is 10.8. The molecule has 0 aliphatic heterocycles. The van der Waals surface area contributed by atoms with E-state index in [2.05, 4.69) is 5.10 Å². The molecule has 1 aromatic heterocycles. The van der Waals surface area contributed by atoms with Crippen LogP contribution in [0.15, 0.2) is 12.1 Å². The Hall–Kier alpha value is -1.78. The first kappa shape index (κ1) is 8.80. The molecule has 74 valence electrons. The van der Waals surface area contributed by atoms with Gasteiger partial charge >= 0.3 is 0 Å². The van der Waals surface area contributed by atoms with Crippen molar-refractivity contribution in [1.29, 1.82) is 0 Å². The number of hydrogen-bond donors (Lipinski definition) is 1. The number of halogens is 1. The van der Waals surface area contributed by atoms with Crippen LogP contribution in [0, 0.1) is 5.82 Å². The van der Waals surface area contributed by atoms with E-state index in [0.29, 0.717) is 22.5 Å². The first-order chi connectivity index (χ1) is 6.63. The van der Waals surface area contributed by atoms with Gasteiger partial charge in [0.25, 0.3) is 0 Å². The van der Waals surface area contributed by atoms with Crippen LogP contribution in [0.3, 0.4) is 0 Å². The summed E-state index contributed by atoms with van der Waals surface area (Å²) in [6.07, 6.45) is 0. The van der Waals surface area contributed by atoms with Crippen LogP contribution < -0.4 is 10.5 Å². The van der Waals surface area contributed by atoms with Crippen LogP contribution in [0.25, 0.3) is 10.9 Å². The monoisotopic (exact) mass is 195 g/mol. The summed E-state index contributed by atoms with van der Waals surface area (Å²) >= 11 is 0. The maximum absolute atomic E-state index is 13.5. The van der Waals surface area contributed by atoms with Crippen LogP contribution in [-0.4, -0.2) is 16.9 Å². The molecule has 0 aliphatic carbocycles. The molecular weight excluding hydrogens is 185 g/mol. The summed E-state index contributed by atoms with van der Waals surface area (Å²) in [5, 5.41) is 4.60. The lowest BCUT2D eigenvalue weighted by atomic mass is 10.2. The van der Waals surface area contributed by atoms with E-state index < -0.39 is 5.82 Å². The molecule has 0 radical (unpaired) electrons. The third kappa shape index (κ3) is 1.09. The number of methoxy groups -OCH3 is 1. The van der Waals surface area contributed by atoms with Gasteiger partial charge in [-0.2, -0.15) is 0 Å². The van der Waals surface area contributed by atoms with Gasteiger partial charge in [0, 0.05) is 12.7 Å². The minimum absolute atomic E-state index is 0.362. The van der Waals surface area contributed by atoms with Gasteiger partial charge in [-0.25, -0.2) is 4.39 Å². The summed E-state index contributed by atoms with van der Waals surface area (Å²) in [5.41, 5.74) is 6.29. The Bertz CT molecular complexity index is 492. The van der Waals surface area contributed by atoms with Gasteiger partial charge in [0.15, 0.2) is 5.82 Å². The van der Waals surface area contributed by atoms with E-state index in [0.717, 1.165) is 0 Å². The zero-order valence-corrected chi connectivity index (χ0v) is 7.91. The van der Waals surface area contributed by atoms with Gasteiger partial charge in [0.2, 0.25) is 5.88 Å². The largest absolute Gasteiger partial charge is 0.479 e. The predicted octanol–water partition coefficient (Wildman–Crippen LogP) is 1.30. The zero-order chi connectivity index (χ0) is 10.3. The number of anilines is 1. The first-order valence-electron chi connectivity index (χ1n) is 4.09. The summed E-state index contributed by atoms with van der Waals surface area (Å²) in [5.74, 6) is -0.00741. The lowest BCUT2D eigenvalue weighted by Crippen LogP contribution is -1.93. The molecule has 1 aromatic carbocycles. The van der Waals surface area contributed by atoms with Crippen molar-refractivity contribution < 1.29 is 9.13 Å². The van der Waals surface area contributed by atoms with Crippen LogP contribution in [0.4, 0.5) is 10.1 Å². The summed E-state index contributed by atoms with van der Waals surface area (Å²) in [4.78, 5) is 0. The molecule has 0 atom stereocenters. The number of benzene rings is 1. The van der Waals surface area contributed by atoms with E-state index in [1.165, 1.54) is 17.9 Å². The number of nitrogens with zero attached hydrogens (tertiary/aromatic N) is 2. The van der Waals surface area contributed by atoms with E-state index in [1.807, 2.05) is 0 Å². The fraction of sp³-hybridized carbons (Fsp3) is 0.222. The van der Waals surface area contributed by atoms with Crippen LogP contribution in [0.5, 0.6) is 5.88 Å². The van der Waals surface area contributed by atoms with E-state index in [1.54, 1.807) is 13.1 Å². The number of hydrogen-bond acceptors (Lipinski definition) is 3. The minimum atomic E-state index is -0.390. The summed E-state index contributed by atoms with van der Waals surface area (Å²) in [7, 11) is 3.15. The van der Waals surface area contributed by atoms with Gasteiger partial charge in [0.05, 0.1) is 12.5 Å². The number of nitrogens with two attached hydrogens (primary N) is 1. The smallest absolute Gasteiger partial charge is 0.240 e. The summed E-state index contributed by atoms with van der Waals surface area (Å²) in [6.45, 7) is 0. The van der Waals surface area contributed by atoms with Gasteiger partial charge in [-0.05, 0) is 12.1 Å². The average Bonchev–Trinajstić information content (AvgIpc) is 2.42. The van der Waals surface area contributed by atoms with Crippen LogP contribution in [-0.2, 0) is 7.05 Å². The molecule has 14 heavy (non-hydrogen) atoms. The third-order valence-electron chi connectivity index (χ3n) is 2.07. The van der Waals surface area contributed by atoms with Crippen molar-refractivity contribution in [2.45, 2.75) is 0 Å². The second-order valence-electron chi connectivity index (χ2n) is 3.03. The molecule has 2 N–H and O–H groups in total. The lowest BCUT2D eigenvalue weighted by Gasteiger charge is -1.98. The molecular formula is C9H10FN3O. The number of aryl methyl sites for hydroxylation is 1. The molecule has 0 amide bonds. The molecule has 0 unspecified atom stereocenters. The van der Waals surface area contributed by atoms with Crippen molar-refractivity contribution in [3.8, 4) is 5.88 Å². The highest BCUT2D eigenvalue weighted by molar-refractivity contribution is 5.87. The number of nitrogen functional groups attached to an aromatic ring is 1. The molecule has 1 heterocycles. The molecule has 0 spiro atoms.